The number of hydrogen-bond acceptors (Lipinski definition) is 1. The molecular weight excluding hydrogens is 331 g/mol. The van der Waals surface area contributed by atoms with Gasteiger partial charge in [-0.15, -0.1) is 0 Å². The third kappa shape index (κ3) is 5.35. The molecule has 0 saturated heterocycles. The minimum atomic E-state index is -4.33. The largest absolute Gasteiger partial charge is 0.418 e. The van der Waals surface area contributed by atoms with Crippen molar-refractivity contribution in [2.75, 3.05) is 5.32 Å². The number of unbranched alkanes of at least 4 members (excludes halogenated alkanes) is 1. The van der Waals surface area contributed by atoms with Crippen molar-refractivity contribution in [3.05, 3.63) is 28.2 Å². The third-order valence-electron chi connectivity index (χ3n) is 3.19. The standard InChI is InChI=1S/C15H21BrF3N/c1-3-5-7-12(6-4-2)20-14-10-11(16)8-9-13(14)15(17,18)19/h8-10,12,20H,3-7H2,1-2H3. The van der Waals surface area contributed by atoms with E-state index in [-0.39, 0.29) is 11.7 Å². The molecule has 0 saturated carbocycles. The molecule has 114 valence electrons. The van der Waals surface area contributed by atoms with Gasteiger partial charge in [-0.1, -0.05) is 49.0 Å². The van der Waals surface area contributed by atoms with Gasteiger partial charge in [0.15, 0.2) is 0 Å². The summed E-state index contributed by atoms with van der Waals surface area (Å²) in [6, 6.07) is 4.15. The highest BCUT2D eigenvalue weighted by molar-refractivity contribution is 9.10. The molecule has 0 radical (unpaired) electrons. The summed E-state index contributed by atoms with van der Waals surface area (Å²) in [4.78, 5) is 0. The SMILES string of the molecule is CCCCC(CCC)Nc1cc(Br)ccc1C(F)(F)F. The summed E-state index contributed by atoms with van der Waals surface area (Å²) >= 11 is 3.24. The molecule has 1 unspecified atom stereocenters. The second-order valence-corrected chi connectivity index (χ2v) is 5.88. The van der Waals surface area contributed by atoms with E-state index in [4.69, 9.17) is 0 Å². The van der Waals surface area contributed by atoms with Crippen LogP contribution >= 0.6 is 15.9 Å². The first-order valence-electron chi connectivity index (χ1n) is 7.01. The van der Waals surface area contributed by atoms with Crippen molar-refractivity contribution in [2.24, 2.45) is 0 Å². The number of nitrogens with one attached hydrogen (secondary N) is 1. The number of halogens is 4. The second kappa shape index (κ2) is 7.91. The number of anilines is 1. The van der Waals surface area contributed by atoms with Crippen LogP contribution in [0.3, 0.4) is 0 Å². The average Bonchev–Trinajstić information content (AvgIpc) is 2.34. The van der Waals surface area contributed by atoms with Gasteiger partial charge in [0.25, 0.3) is 0 Å². The van der Waals surface area contributed by atoms with Crippen LogP contribution in [0.5, 0.6) is 0 Å². The zero-order chi connectivity index (χ0) is 15.2. The van der Waals surface area contributed by atoms with Crippen LogP contribution in [0.25, 0.3) is 0 Å². The Hall–Kier alpha value is -0.710. The van der Waals surface area contributed by atoms with Gasteiger partial charge in [0.05, 0.1) is 5.56 Å². The number of benzene rings is 1. The van der Waals surface area contributed by atoms with Gasteiger partial charge in [0, 0.05) is 16.2 Å². The normalized spacial score (nSPS) is 13.3. The van der Waals surface area contributed by atoms with Gasteiger partial charge in [0.1, 0.15) is 0 Å². The van der Waals surface area contributed by atoms with Crippen LogP contribution in [0.4, 0.5) is 18.9 Å². The predicted molar refractivity (Wildman–Crippen MR) is 81.0 cm³/mol. The van der Waals surface area contributed by atoms with Gasteiger partial charge in [0.2, 0.25) is 0 Å². The van der Waals surface area contributed by atoms with E-state index in [9.17, 15) is 13.2 Å². The van der Waals surface area contributed by atoms with E-state index in [1.165, 1.54) is 12.1 Å². The maximum absolute atomic E-state index is 13.0. The van der Waals surface area contributed by atoms with Gasteiger partial charge in [-0.2, -0.15) is 13.2 Å². The number of hydrogen-bond donors (Lipinski definition) is 1. The van der Waals surface area contributed by atoms with E-state index in [1.54, 1.807) is 0 Å². The lowest BCUT2D eigenvalue weighted by Gasteiger charge is -2.22. The van der Waals surface area contributed by atoms with Crippen LogP contribution < -0.4 is 5.32 Å². The first kappa shape index (κ1) is 17.3. The minimum absolute atomic E-state index is 0.0929. The van der Waals surface area contributed by atoms with Gasteiger partial charge in [-0.3, -0.25) is 0 Å². The molecule has 0 aliphatic carbocycles. The first-order valence-corrected chi connectivity index (χ1v) is 7.81. The van der Waals surface area contributed by atoms with Crippen molar-refractivity contribution in [1.82, 2.24) is 0 Å². The fourth-order valence-corrected chi connectivity index (χ4v) is 2.55. The van der Waals surface area contributed by atoms with Gasteiger partial charge in [-0.05, 0) is 31.0 Å². The van der Waals surface area contributed by atoms with Crippen LogP contribution in [-0.4, -0.2) is 6.04 Å². The number of alkyl halides is 3. The van der Waals surface area contributed by atoms with Crippen LogP contribution in [-0.2, 0) is 6.18 Å². The Morgan fingerprint density at radius 3 is 2.40 bits per heavy atom. The van der Waals surface area contributed by atoms with E-state index in [0.29, 0.717) is 4.47 Å². The van der Waals surface area contributed by atoms with E-state index in [1.807, 2.05) is 6.92 Å². The van der Waals surface area contributed by atoms with Crippen molar-refractivity contribution >= 4 is 21.6 Å². The lowest BCUT2D eigenvalue weighted by molar-refractivity contribution is -0.137. The molecule has 1 aromatic carbocycles. The van der Waals surface area contributed by atoms with Crippen molar-refractivity contribution < 1.29 is 13.2 Å². The maximum Gasteiger partial charge on any atom is 0.418 e. The zero-order valence-electron chi connectivity index (χ0n) is 11.9. The summed E-state index contributed by atoms with van der Waals surface area (Å²) in [6.45, 7) is 4.13. The smallest absolute Gasteiger partial charge is 0.382 e. The number of rotatable bonds is 7. The molecule has 1 aromatic rings. The molecule has 0 heterocycles. The Bertz CT molecular complexity index is 418. The highest BCUT2D eigenvalue weighted by Crippen LogP contribution is 2.37. The predicted octanol–water partition coefficient (Wildman–Crippen LogP) is 6.24. The zero-order valence-corrected chi connectivity index (χ0v) is 13.4. The lowest BCUT2D eigenvalue weighted by Crippen LogP contribution is -2.21. The van der Waals surface area contributed by atoms with Crippen LogP contribution in [0, 0.1) is 0 Å². The summed E-state index contributed by atoms with van der Waals surface area (Å²) in [5.41, 5.74) is -0.431. The van der Waals surface area contributed by atoms with E-state index >= 15 is 0 Å². The third-order valence-corrected chi connectivity index (χ3v) is 3.68. The molecule has 1 nitrogen and oxygen atoms in total. The van der Waals surface area contributed by atoms with E-state index in [0.717, 1.165) is 38.2 Å². The summed E-state index contributed by atoms with van der Waals surface area (Å²) in [5.74, 6) is 0. The quantitative estimate of drug-likeness (QED) is 0.613. The molecule has 0 aromatic heterocycles. The Morgan fingerprint density at radius 2 is 1.85 bits per heavy atom. The summed E-state index contributed by atoms with van der Waals surface area (Å²) in [6.07, 6.45) is 0.471. The first-order chi connectivity index (χ1) is 9.38. The summed E-state index contributed by atoms with van der Waals surface area (Å²) < 4.78 is 39.7. The molecule has 1 N–H and O–H groups in total. The topological polar surface area (TPSA) is 12.0 Å². The highest BCUT2D eigenvalue weighted by atomic mass is 79.9. The van der Waals surface area contributed by atoms with Crippen LogP contribution in [0.1, 0.15) is 51.5 Å². The Morgan fingerprint density at radius 1 is 1.15 bits per heavy atom. The monoisotopic (exact) mass is 351 g/mol. The van der Waals surface area contributed by atoms with Gasteiger partial charge >= 0.3 is 6.18 Å². The molecule has 0 bridgehead atoms. The highest BCUT2D eigenvalue weighted by Gasteiger charge is 2.33. The molecular formula is C15H21BrF3N. The molecule has 0 spiro atoms. The molecule has 0 amide bonds. The minimum Gasteiger partial charge on any atom is -0.382 e. The maximum atomic E-state index is 13.0. The van der Waals surface area contributed by atoms with Crippen molar-refractivity contribution in [2.45, 2.75) is 58.2 Å². The van der Waals surface area contributed by atoms with Crippen molar-refractivity contribution in [3.63, 3.8) is 0 Å². The van der Waals surface area contributed by atoms with Crippen molar-refractivity contribution in [3.8, 4) is 0 Å². The van der Waals surface area contributed by atoms with Crippen molar-refractivity contribution in [1.29, 1.82) is 0 Å². The summed E-state index contributed by atoms with van der Waals surface area (Å²) in [7, 11) is 0. The van der Waals surface area contributed by atoms with Gasteiger partial charge in [-0.25, -0.2) is 0 Å². The molecule has 0 aliphatic heterocycles. The lowest BCUT2D eigenvalue weighted by atomic mass is 10.0. The van der Waals surface area contributed by atoms with Crippen LogP contribution in [0.2, 0.25) is 0 Å². The average molecular weight is 352 g/mol. The van der Waals surface area contributed by atoms with E-state index in [2.05, 4.69) is 28.2 Å². The molecule has 1 atom stereocenters. The Balaban J connectivity index is 2.95. The molecule has 1 rings (SSSR count). The van der Waals surface area contributed by atoms with Crippen LogP contribution in [0.15, 0.2) is 22.7 Å². The fourth-order valence-electron chi connectivity index (χ4n) is 2.19. The fraction of sp³-hybridized carbons (Fsp3) is 0.600. The molecule has 0 aliphatic rings. The van der Waals surface area contributed by atoms with E-state index < -0.39 is 11.7 Å². The van der Waals surface area contributed by atoms with Gasteiger partial charge < -0.3 is 5.32 Å². The Kier molecular flexibility index (Phi) is 6.86. The molecule has 5 heteroatoms. The molecule has 20 heavy (non-hydrogen) atoms. The molecule has 0 fully saturated rings. The second-order valence-electron chi connectivity index (χ2n) is 4.96. The Labute approximate surface area is 127 Å². The summed E-state index contributed by atoms with van der Waals surface area (Å²) in [5, 5.41) is 3.08.